The molecule has 3 rings (SSSR count). The maximum atomic E-state index is 12.5. The van der Waals surface area contributed by atoms with E-state index in [2.05, 4.69) is 10.3 Å². The maximum Gasteiger partial charge on any atom is 0.241 e. The number of aromatic nitrogens is 1. The molecule has 0 radical (unpaired) electrons. The van der Waals surface area contributed by atoms with Crippen LogP contribution in [0.5, 0.6) is 11.5 Å². The molecule has 0 aliphatic rings. The molecule has 6 heteroatoms. The molecule has 5 nitrogen and oxygen atoms in total. The minimum absolute atomic E-state index is 0.0459. The first kappa shape index (κ1) is 19.1. The zero-order valence-electron chi connectivity index (χ0n) is 15.7. The Bertz CT molecular complexity index is 878. The first-order chi connectivity index (χ1) is 13.0. The molecule has 1 aromatic heterocycles. The van der Waals surface area contributed by atoms with Crippen LogP contribution in [0.4, 0.5) is 5.69 Å². The van der Waals surface area contributed by atoms with Crippen molar-refractivity contribution in [2.24, 2.45) is 0 Å². The number of benzene rings is 2. The molecule has 1 atom stereocenters. The van der Waals surface area contributed by atoms with Crippen molar-refractivity contribution >= 4 is 22.9 Å². The summed E-state index contributed by atoms with van der Waals surface area (Å²) in [5, 5.41) is 3.99. The molecule has 0 aliphatic carbocycles. The summed E-state index contributed by atoms with van der Waals surface area (Å²) in [5.41, 5.74) is 0.745. The highest BCUT2D eigenvalue weighted by Gasteiger charge is 2.19. The van der Waals surface area contributed by atoms with E-state index in [-0.39, 0.29) is 11.9 Å². The minimum Gasteiger partial charge on any atom is -0.457 e. The van der Waals surface area contributed by atoms with Crippen LogP contribution in [0.2, 0.25) is 0 Å². The van der Waals surface area contributed by atoms with Gasteiger partial charge >= 0.3 is 0 Å². The SMILES string of the molecule is Cc1ncc(CN(C)[C@H](C)C(=O)Nc2ccc(Oc3ccccc3)cc2)s1. The van der Waals surface area contributed by atoms with Crippen molar-refractivity contribution in [2.75, 3.05) is 12.4 Å². The number of nitrogens with one attached hydrogen (secondary N) is 1. The zero-order valence-corrected chi connectivity index (χ0v) is 16.5. The van der Waals surface area contributed by atoms with Gasteiger partial charge in [-0.3, -0.25) is 9.69 Å². The average molecular weight is 382 g/mol. The maximum absolute atomic E-state index is 12.5. The molecule has 2 aromatic carbocycles. The molecule has 3 aromatic rings. The number of hydrogen-bond donors (Lipinski definition) is 1. The van der Waals surface area contributed by atoms with E-state index >= 15 is 0 Å². The largest absolute Gasteiger partial charge is 0.457 e. The number of para-hydroxylation sites is 1. The highest BCUT2D eigenvalue weighted by atomic mass is 32.1. The first-order valence-electron chi connectivity index (χ1n) is 8.76. The molecule has 1 amide bonds. The molecule has 0 bridgehead atoms. The zero-order chi connectivity index (χ0) is 19.2. The molecular weight excluding hydrogens is 358 g/mol. The number of carbonyl (C=O) groups is 1. The van der Waals surface area contributed by atoms with Crippen LogP contribution in [0.15, 0.2) is 60.8 Å². The van der Waals surface area contributed by atoms with Gasteiger partial charge in [0.25, 0.3) is 0 Å². The number of likely N-dealkylation sites (N-methyl/N-ethyl adjacent to an activating group) is 1. The number of thiazole rings is 1. The van der Waals surface area contributed by atoms with E-state index in [1.807, 2.05) is 86.6 Å². The standard InChI is InChI=1S/C21H23N3O2S/c1-15(24(3)14-20-13-22-16(2)27-20)21(25)23-17-9-11-19(12-10-17)26-18-7-5-4-6-8-18/h4-13,15H,14H2,1-3H3,(H,23,25)/t15-/m1/s1. The number of aryl methyl sites for hydroxylation is 1. The summed E-state index contributed by atoms with van der Waals surface area (Å²) in [5.74, 6) is 1.46. The van der Waals surface area contributed by atoms with Crippen LogP contribution in [0.1, 0.15) is 16.8 Å². The Morgan fingerprint density at radius 1 is 1.15 bits per heavy atom. The Morgan fingerprint density at radius 3 is 2.44 bits per heavy atom. The molecule has 1 N–H and O–H groups in total. The summed E-state index contributed by atoms with van der Waals surface area (Å²) < 4.78 is 5.77. The van der Waals surface area contributed by atoms with Gasteiger partial charge in [0.2, 0.25) is 5.91 Å². The third-order valence-corrected chi connectivity index (χ3v) is 5.11. The number of amides is 1. The van der Waals surface area contributed by atoms with Gasteiger partial charge in [-0.25, -0.2) is 4.98 Å². The lowest BCUT2D eigenvalue weighted by atomic mass is 10.2. The van der Waals surface area contributed by atoms with Crippen molar-refractivity contribution in [2.45, 2.75) is 26.4 Å². The molecule has 1 heterocycles. The highest BCUT2D eigenvalue weighted by Crippen LogP contribution is 2.23. The van der Waals surface area contributed by atoms with E-state index in [0.29, 0.717) is 6.54 Å². The number of ether oxygens (including phenoxy) is 1. The van der Waals surface area contributed by atoms with Gasteiger partial charge in [-0.2, -0.15) is 0 Å². The molecule has 0 aliphatic heterocycles. The fourth-order valence-corrected chi connectivity index (χ4v) is 3.40. The second-order valence-electron chi connectivity index (χ2n) is 6.37. The van der Waals surface area contributed by atoms with Crippen LogP contribution < -0.4 is 10.1 Å². The van der Waals surface area contributed by atoms with Gasteiger partial charge in [0.05, 0.1) is 11.0 Å². The van der Waals surface area contributed by atoms with Gasteiger partial charge < -0.3 is 10.1 Å². The van der Waals surface area contributed by atoms with Gasteiger partial charge in [0.15, 0.2) is 0 Å². The Hall–Kier alpha value is -2.70. The van der Waals surface area contributed by atoms with E-state index in [0.717, 1.165) is 27.1 Å². The highest BCUT2D eigenvalue weighted by molar-refractivity contribution is 7.11. The fraction of sp³-hybridized carbons (Fsp3) is 0.238. The van der Waals surface area contributed by atoms with Crippen molar-refractivity contribution < 1.29 is 9.53 Å². The molecule has 140 valence electrons. The first-order valence-corrected chi connectivity index (χ1v) is 9.58. The van der Waals surface area contributed by atoms with Gasteiger partial charge in [-0.05, 0) is 57.3 Å². The lowest BCUT2D eigenvalue weighted by Gasteiger charge is -2.23. The lowest BCUT2D eigenvalue weighted by molar-refractivity contribution is -0.120. The predicted molar refractivity (Wildman–Crippen MR) is 109 cm³/mol. The third kappa shape index (κ3) is 5.39. The number of nitrogens with zero attached hydrogens (tertiary/aromatic N) is 2. The van der Waals surface area contributed by atoms with Crippen LogP contribution in [0, 0.1) is 6.92 Å². The van der Waals surface area contributed by atoms with E-state index in [4.69, 9.17) is 4.74 Å². The lowest BCUT2D eigenvalue weighted by Crippen LogP contribution is -2.39. The third-order valence-electron chi connectivity index (χ3n) is 4.22. The quantitative estimate of drug-likeness (QED) is 0.644. The Labute approximate surface area is 163 Å². The van der Waals surface area contributed by atoms with E-state index < -0.39 is 0 Å². The van der Waals surface area contributed by atoms with Crippen LogP contribution in [-0.4, -0.2) is 28.9 Å². The Balaban J connectivity index is 1.55. The van der Waals surface area contributed by atoms with Crippen molar-refractivity contribution in [3.05, 3.63) is 70.7 Å². The normalized spacial score (nSPS) is 12.0. The number of anilines is 1. The van der Waals surface area contributed by atoms with Crippen molar-refractivity contribution in [3.8, 4) is 11.5 Å². The molecule has 0 spiro atoms. The molecule has 0 fully saturated rings. The number of rotatable bonds is 7. The van der Waals surface area contributed by atoms with E-state index in [1.54, 1.807) is 11.3 Å². The summed E-state index contributed by atoms with van der Waals surface area (Å²) >= 11 is 1.65. The molecule has 0 saturated heterocycles. The molecular formula is C21H23N3O2S. The predicted octanol–water partition coefficient (Wildman–Crippen LogP) is 4.70. The number of hydrogen-bond acceptors (Lipinski definition) is 5. The summed E-state index contributed by atoms with van der Waals surface area (Å²) in [6.45, 7) is 4.58. The smallest absolute Gasteiger partial charge is 0.241 e. The van der Waals surface area contributed by atoms with Gasteiger partial charge in [-0.15, -0.1) is 11.3 Å². The minimum atomic E-state index is -0.257. The second kappa shape index (κ2) is 8.79. The topological polar surface area (TPSA) is 54.5 Å². The van der Waals surface area contributed by atoms with Gasteiger partial charge in [0.1, 0.15) is 11.5 Å². The van der Waals surface area contributed by atoms with Crippen molar-refractivity contribution in [3.63, 3.8) is 0 Å². The van der Waals surface area contributed by atoms with Crippen LogP contribution in [0.3, 0.4) is 0 Å². The summed E-state index contributed by atoms with van der Waals surface area (Å²) in [7, 11) is 1.94. The molecule has 27 heavy (non-hydrogen) atoms. The second-order valence-corrected chi connectivity index (χ2v) is 7.68. The van der Waals surface area contributed by atoms with Crippen molar-refractivity contribution in [1.82, 2.24) is 9.88 Å². The van der Waals surface area contributed by atoms with E-state index in [9.17, 15) is 4.79 Å². The van der Waals surface area contributed by atoms with Crippen LogP contribution in [-0.2, 0) is 11.3 Å². The monoisotopic (exact) mass is 381 g/mol. The van der Waals surface area contributed by atoms with Crippen LogP contribution in [0.25, 0.3) is 0 Å². The average Bonchev–Trinajstić information content (AvgIpc) is 3.08. The molecule has 0 unspecified atom stereocenters. The summed E-state index contributed by atoms with van der Waals surface area (Å²) in [6.07, 6.45) is 1.87. The van der Waals surface area contributed by atoms with E-state index in [1.165, 1.54) is 0 Å². The number of carbonyl (C=O) groups excluding carboxylic acids is 1. The Morgan fingerprint density at radius 2 is 1.81 bits per heavy atom. The van der Waals surface area contributed by atoms with Gasteiger partial charge in [0, 0.05) is 23.3 Å². The summed E-state index contributed by atoms with van der Waals surface area (Å²) in [4.78, 5) is 19.9. The fourth-order valence-electron chi connectivity index (χ4n) is 2.54. The van der Waals surface area contributed by atoms with Gasteiger partial charge in [-0.1, -0.05) is 18.2 Å². The van der Waals surface area contributed by atoms with Crippen LogP contribution >= 0.6 is 11.3 Å². The van der Waals surface area contributed by atoms with Crippen molar-refractivity contribution in [1.29, 1.82) is 0 Å². The molecule has 0 saturated carbocycles. The Kier molecular flexibility index (Phi) is 6.21. The summed E-state index contributed by atoms with van der Waals surface area (Å²) in [6, 6.07) is 16.7.